The first-order valence-corrected chi connectivity index (χ1v) is 6.06. The molecule has 0 aliphatic carbocycles. The quantitative estimate of drug-likeness (QED) is 0.462. The van der Waals surface area contributed by atoms with Gasteiger partial charge in [-0.15, -0.1) is 0 Å². The Hall–Kier alpha value is -1.24. The van der Waals surface area contributed by atoms with Crippen LogP contribution in [-0.4, -0.2) is 31.7 Å². The average Bonchev–Trinajstić information content (AvgIpc) is 2.73. The first-order valence-electron chi connectivity index (χ1n) is 5.24. The van der Waals surface area contributed by atoms with E-state index in [0.717, 1.165) is 23.5 Å². The number of ether oxygens (including phenoxy) is 1. The maximum atomic E-state index is 10.5. The number of nitro groups is 1. The summed E-state index contributed by atoms with van der Waals surface area (Å²) in [5, 5.41) is 13.9. The van der Waals surface area contributed by atoms with Crippen molar-refractivity contribution in [2.75, 3.05) is 26.8 Å². The number of thiophene rings is 1. The van der Waals surface area contributed by atoms with E-state index in [0.29, 0.717) is 6.61 Å². The number of methoxy groups -OCH3 is 1. The molecule has 1 aromatic heterocycles. The predicted molar refractivity (Wildman–Crippen MR) is 69.4 cm³/mol. The van der Waals surface area contributed by atoms with Crippen molar-refractivity contribution in [3.05, 3.63) is 32.7 Å². The van der Waals surface area contributed by atoms with Crippen molar-refractivity contribution in [1.29, 1.82) is 0 Å². The number of nitrogens with zero attached hydrogens (tertiary/aromatic N) is 1. The molecular weight excluding hydrogens is 240 g/mol. The Morgan fingerprint density at radius 3 is 3.00 bits per heavy atom. The summed E-state index contributed by atoms with van der Waals surface area (Å²) in [5.74, 6) is 0. The van der Waals surface area contributed by atoms with E-state index in [4.69, 9.17) is 4.74 Å². The fourth-order valence-corrected chi connectivity index (χ4v) is 2.12. The van der Waals surface area contributed by atoms with Gasteiger partial charge >= 0.3 is 5.00 Å². The zero-order chi connectivity index (χ0) is 12.7. The van der Waals surface area contributed by atoms with Crippen molar-refractivity contribution in [1.82, 2.24) is 5.32 Å². The van der Waals surface area contributed by atoms with Crippen LogP contribution in [-0.2, 0) is 4.74 Å². The topological polar surface area (TPSA) is 64.4 Å². The van der Waals surface area contributed by atoms with Gasteiger partial charge in [0.05, 0.1) is 11.5 Å². The molecule has 0 fully saturated rings. The lowest BCUT2D eigenvalue weighted by molar-refractivity contribution is -0.380. The lowest BCUT2D eigenvalue weighted by atomic mass is 10.2. The van der Waals surface area contributed by atoms with Crippen LogP contribution in [0.5, 0.6) is 0 Å². The van der Waals surface area contributed by atoms with Crippen molar-refractivity contribution in [3.8, 4) is 0 Å². The van der Waals surface area contributed by atoms with E-state index in [1.54, 1.807) is 13.2 Å². The van der Waals surface area contributed by atoms with Crippen LogP contribution in [0.4, 0.5) is 5.00 Å². The predicted octanol–water partition coefficient (Wildman–Crippen LogP) is 2.30. The fraction of sp³-hybridized carbons (Fsp3) is 0.455. The molecule has 1 N–H and O–H groups in total. The molecule has 1 aromatic rings. The fourth-order valence-electron chi connectivity index (χ4n) is 1.27. The van der Waals surface area contributed by atoms with Crippen LogP contribution in [0.2, 0.25) is 0 Å². The van der Waals surface area contributed by atoms with Gasteiger partial charge in [0.2, 0.25) is 0 Å². The molecule has 0 aliphatic heterocycles. The highest BCUT2D eigenvalue weighted by Crippen LogP contribution is 2.25. The monoisotopic (exact) mass is 256 g/mol. The molecule has 0 bridgehead atoms. The summed E-state index contributed by atoms with van der Waals surface area (Å²) in [6.07, 6.45) is 1.96. The van der Waals surface area contributed by atoms with Crippen LogP contribution < -0.4 is 5.32 Å². The zero-order valence-corrected chi connectivity index (χ0v) is 10.8. The summed E-state index contributed by atoms with van der Waals surface area (Å²) in [5.41, 5.74) is 1.14. The number of nitrogens with one attached hydrogen (secondary N) is 1. The van der Waals surface area contributed by atoms with E-state index < -0.39 is 0 Å². The first-order chi connectivity index (χ1) is 8.13. The van der Waals surface area contributed by atoms with Gasteiger partial charge in [0, 0.05) is 31.1 Å². The highest BCUT2D eigenvalue weighted by Gasteiger charge is 2.07. The molecule has 1 rings (SSSR count). The summed E-state index contributed by atoms with van der Waals surface area (Å²) in [6, 6.07) is 3.30. The molecule has 0 saturated carbocycles. The number of hydrogen-bond acceptors (Lipinski definition) is 5. The van der Waals surface area contributed by atoms with Gasteiger partial charge in [0.15, 0.2) is 0 Å². The number of hydrogen-bond donors (Lipinski definition) is 1. The Kier molecular flexibility index (Phi) is 5.82. The van der Waals surface area contributed by atoms with Crippen LogP contribution >= 0.6 is 11.3 Å². The molecule has 6 heteroatoms. The second-order valence-electron chi connectivity index (χ2n) is 3.59. The van der Waals surface area contributed by atoms with E-state index in [-0.39, 0.29) is 9.92 Å². The summed E-state index contributed by atoms with van der Waals surface area (Å²) in [7, 11) is 1.66. The molecule has 0 atom stereocenters. The van der Waals surface area contributed by atoms with Crippen LogP contribution in [0.25, 0.3) is 6.08 Å². The minimum absolute atomic E-state index is 0.177. The largest absolute Gasteiger partial charge is 0.383 e. The highest BCUT2D eigenvalue weighted by molar-refractivity contribution is 7.16. The van der Waals surface area contributed by atoms with E-state index in [2.05, 4.69) is 5.32 Å². The Bertz CT molecular complexity index is 401. The highest BCUT2D eigenvalue weighted by atomic mass is 32.1. The van der Waals surface area contributed by atoms with Gasteiger partial charge in [-0.25, -0.2) is 0 Å². The summed E-state index contributed by atoms with van der Waals surface area (Å²) in [6.45, 7) is 4.23. The molecule has 0 radical (unpaired) electrons. The van der Waals surface area contributed by atoms with Crippen molar-refractivity contribution >= 4 is 22.4 Å². The summed E-state index contributed by atoms with van der Waals surface area (Å²) >= 11 is 1.19. The molecule has 0 amide bonds. The molecule has 0 aliphatic rings. The third-order valence-electron chi connectivity index (χ3n) is 2.07. The van der Waals surface area contributed by atoms with Gasteiger partial charge in [-0.2, -0.15) is 0 Å². The van der Waals surface area contributed by atoms with Gasteiger partial charge in [0.1, 0.15) is 0 Å². The standard InChI is InChI=1S/C11H16N2O3S/c1-9(8-12-5-6-16-2)7-10-3-4-11(17-10)13(14)15/h3-4,7,12H,5-6,8H2,1-2H3/b9-7+. The lowest BCUT2D eigenvalue weighted by Crippen LogP contribution is -2.20. The number of rotatable bonds is 7. The van der Waals surface area contributed by atoms with E-state index in [9.17, 15) is 10.1 Å². The summed E-state index contributed by atoms with van der Waals surface area (Å²) in [4.78, 5) is 11.1. The maximum absolute atomic E-state index is 10.5. The molecule has 0 unspecified atom stereocenters. The van der Waals surface area contributed by atoms with Gasteiger partial charge < -0.3 is 10.1 Å². The normalized spacial score (nSPS) is 11.8. The minimum atomic E-state index is -0.367. The molecule has 94 valence electrons. The molecule has 0 saturated heterocycles. The minimum Gasteiger partial charge on any atom is -0.383 e. The van der Waals surface area contributed by atoms with Crippen molar-refractivity contribution in [2.45, 2.75) is 6.92 Å². The first kappa shape index (κ1) is 13.8. The van der Waals surface area contributed by atoms with Gasteiger partial charge in [-0.05, 0) is 19.1 Å². The molecular formula is C11H16N2O3S. The van der Waals surface area contributed by atoms with E-state index >= 15 is 0 Å². The summed E-state index contributed by atoms with van der Waals surface area (Å²) < 4.78 is 4.92. The lowest BCUT2D eigenvalue weighted by Gasteiger charge is -2.03. The molecule has 5 nitrogen and oxygen atoms in total. The maximum Gasteiger partial charge on any atom is 0.324 e. The van der Waals surface area contributed by atoms with Crippen molar-refractivity contribution < 1.29 is 9.66 Å². The van der Waals surface area contributed by atoms with Crippen LogP contribution in [0.15, 0.2) is 17.7 Å². The van der Waals surface area contributed by atoms with Crippen molar-refractivity contribution in [3.63, 3.8) is 0 Å². The Labute approximate surface area is 104 Å². The van der Waals surface area contributed by atoms with E-state index in [1.807, 2.05) is 13.0 Å². The van der Waals surface area contributed by atoms with Crippen molar-refractivity contribution in [2.24, 2.45) is 0 Å². The smallest absolute Gasteiger partial charge is 0.324 e. The Morgan fingerprint density at radius 2 is 2.41 bits per heavy atom. The third kappa shape index (κ3) is 5.08. The Balaban J connectivity index is 2.46. The van der Waals surface area contributed by atoms with Crippen LogP contribution in [0.1, 0.15) is 11.8 Å². The third-order valence-corrected chi connectivity index (χ3v) is 3.05. The molecule has 0 spiro atoms. The molecule has 1 heterocycles. The van der Waals surface area contributed by atoms with Crippen LogP contribution in [0.3, 0.4) is 0 Å². The second-order valence-corrected chi connectivity index (χ2v) is 4.69. The average molecular weight is 256 g/mol. The SMILES string of the molecule is COCCNC/C(C)=C/c1ccc([N+](=O)[O-])s1. The molecule has 17 heavy (non-hydrogen) atoms. The zero-order valence-electron chi connectivity index (χ0n) is 9.93. The van der Waals surface area contributed by atoms with Gasteiger partial charge in [-0.1, -0.05) is 16.9 Å². The van der Waals surface area contributed by atoms with Gasteiger partial charge in [-0.3, -0.25) is 10.1 Å². The Morgan fingerprint density at radius 1 is 1.65 bits per heavy atom. The molecule has 0 aromatic carbocycles. The van der Waals surface area contributed by atoms with Crippen LogP contribution in [0, 0.1) is 10.1 Å². The van der Waals surface area contributed by atoms with Gasteiger partial charge in [0.25, 0.3) is 0 Å². The van der Waals surface area contributed by atoms with E-state index in [1.165, 1.54) is 17.4 Å². The second kappa shape index (κ2) is 7.16.